The Balaban J connectivity index is 1.45. The number of aromatic nitrogens is 7. The van der Waals surface area contributed by atoms with Crippen molar-refractivity contribution >= 4 is 37.8 Å². The van der Waals surface area contributed by atoms with Crippen LogP contribution in [-0.4, -0.2) is 63.9 Å². The molecule has 0 aliphatic rings. The molecule has 0 radical (unpaired) electrons. The van der Waals surface area contributed by atoms with Crippen LogP contribution in [0.2, 0.25) is 0 Å². The minimum Gasteiger partial charge on any atom is -0.376 e. The monoisotopic (exact) mass is 575 g/mol. The maximum atomic E-state index is 16.0. The number of nitrogens with one attached hydrogen (secondary N) is 3. The van der Waals surface area contributed by atoms with E-state index in [4.69, 9.17) is 0 Å². The smallest absolute Gasteiger partial charge is 0.209 e. The molecule has 0 saturated carbocycles. The Morgan fingerprint density at radius 3 is 2.61 bits per heavy atom. The molecule has 0 amide bonds. The van der Waals surface area contributed by atoms with Gasteiger partial charge in [0.25, 0.3) is 0 Å². The molecule has 208 valence electrons. The summed E-state index contributed by atoms with van der Waals surface area (Å²) in [6, 6.07) is 7.71. The summed E-state index contributed by atoms with van der Waals surface area (Å²) in [7, 11) is 0.260. The van der Waals surface area contributed by atoms with Crippen molar-refractivity contribution < 1.29 is 17.2 Å². The SMILES string of the molecule is CN(C)c1cncc(-c2ncc3[nH]nc(-c4nc5c(-c6cc(F)cc(CNS(C)(=O)=O)c6)ccnc5[nH]4)c3c2F)c1. The highest BCUT2D eigenvalue weighted by molar-refractivity contribution is 7.88. The van der Waals surface area contributed by atoms with Crippen LogP contribution in [0.1, 0.15) is 5.56 Å². The lowest BCUT2D eigenvalue weighted by atomic mass is 10.0. The summed E-state index contributed by atoms with van der Waals surface area (Å²) >= 11 is 0. The summed E-state index contributed by atoms with van der Waals surface area (Å²) in [6.07, 6.45) is 7.28. The van der Waals surface area contributed by atoms with Gasteiger partial charge in [-0.2, -0.15) is 5.10 Å². The van der Waals surface area contributed by atoms with Crippen molar-refractivity contribution in [3.05, 3.63) is 72.3 Å². The number of aromatic amines is 2. The fraction of sp³-hybridized carbons (Fsp3) is 0.148. The van der Waals surface area contributed by atoms with E-state index in [1.54, 1.807) is 30.6 Å². The van der Waals surface area contributed by atoms with E-state index < -0.39 is 21.7 Å². The first-order valence-corrected chi connectivity index (χ1v) is 14.2. The molecule has 41 heavy (non-hydrogen) atoms. The zero-order valence-electron chi connectivity index (χ0n) is 22.1. The largest absolute Gasteiger partial charge is 0.376 e. The quantitative estimate of drug-likeness (QED) is 0.259. The fourth-order valence-corrected chi connectivity index (χ4v) is 4.96. The summed E-state index contributed by atoms with van der Waals surface area (Å²) in [4.78, 5) is 22.5. The van der Waals surface area contributed by atoms with Crippen LogP contribution >= 0.6 is 0 Å². The zero-order valence-corrected chi connectivity index (χ0v) is 22.9. The van der Waals surface area contributed by atoms with E-state index >= 15 is 4.39 Å². The van der Waals surface area contributed by atoms with Crippen LogP contribution in [0.25, 0.3) is 56.0 Å². The first-order valence-electron chi connectivity index (χ1n) is 12.3. The van der Waals surface area contributed by atoms with Crippen LogP contribution in [0, 0.1) is 11.6 Å². The van der Waals surface area contributed by atoms with Gasteiger partial charge >= 0.3 is 0 Å². The Bertz CT molecular complexity index is 2060. The number of anilines is 1. The number of nitrogens with zero attached hydrogens (tertiary/aromatic N) is 6. The van der Waals surface area contributed by atoms with Crippen LogP contribution in [0.4, 0.5) is 14.5 Å². The van der Waals surface area contributed by atoms with Gasteiger partial charge in [-0.05, 0) is 41.5 Å². The Morgan fingerprint density at radius 2 is 1.83 bits per heavy atom. The van der Waals surface area contributed by atoms with Crippen molar-refractivity contribution in [3.8, 4) is 33.9 Å². The minimum absolute atomic E-state index is 0.0779. The van der Waals surface area contributed by atoms with Crippen molar-refractivity contribution in [2.45, 2.75) is 6.54 Å². The highest BCUT2D eigenvalue weighted by atomic mass is 32.2. The predicted molar refractivity (Wildman–Crippen MR) is 151 cm³/mol. The molecule has 6 rings (SSSR count). The lowest BCUT2D eigenvalue weighted by molar-refractivity contribution is 0.586. The van der Waals surface area contributed by atoms with Crippen LogP contribution in [0.3, 0.4) is 0 Å². The van der Waals surface area contributed by atoms with E-state index in [0.717, 1.165) is 11.9 Å². The third kappa shape index (κ3) is 5.10. The highest BCUT2D eigenvalue weighted by Crippen LogP contribution is 2.34. The molecule has 0 atom stereocenters. The van der Waals surface area contributed by atoms with E-state index in [-0.39, 0.29) is 29.1 Å². The normalized spacial score (nSPS) is 11.9. The second kappa shape index (κ2) is 9.98. The number of H-pyrrole nitrogens is 2. The molecule has 0 saturated heterocycles. The second-order valence-electron chi connectivity index (χ2n) is 9.69. The molecule has 0 bridgehead atoms. The second-order valence-corrected chi connectivity index (χ2v) is 11.5. The van der Waals surface area contributed by atoms with Gasteiger partial charge in [0.2, 0.25) is 10.0 Å². The topological polar surface area (TPSA) is 145 Å². The fourth-order valence-electron chi connectivity index (χ4n) is 4.53. The standard InChI is InChI=1S/C27H23F2N9O2S/c1-38(2)18-9-16(11-30-12-18)23-22(29)21-20(13-32-23)36-37-25(21)27-34-24-19(4-5-31-26(24)35-27)15-6-14(7-17(28)8-15)10-33-41(3,39)40/h4-9,11-13,33H,10H2,1-3H3,(H,36,37)(H,31,34,35). The number of rotatable bonds is 7. The summed E-state index contributed by atoms with van der Waals surface area (Å²) in [6.45, 7) is -0.0779. The van der Waals surface area contributed by atoms with Crippen LogP contribution in [0.5, 0.6) is 0 Å². The molecule has 0 unspecified atom stereocenters. The molecule has 5 heterocycles. The lowest BCUT2D eigenvalue weighted by Gasteiger charge is -2.13. The summed E-state index contributed by atoms with van der Waals surface area (Å²) in [5.41, 5.74) is 4.24. The average molecular weight is 576 g/mol. The maximum absolute atomic E-state index is 16.0. The third-order valence-electron chi connectivity index (χ3n) is 6.47. The molecule has 14 heteroatoms. The van der Waals surface area contributed by atoms with Gasteiger partial charge in [-0.3, -0.25) is 15.1 Å². The summed E-state index contributed by atoms with van der Waals surface area (Å²) in [5, 5.41) is 7.30. The van der Waals surface area contributed by atoms with Gasteiger partial charge in [0.05, 0.1) is 35.2 Å². The van der Waals surface area contributed by atoms with Gasteiger partial charge in [-0.15, -0.1) is 0 Å². The van der Waals surface area contributed by atoms with E-state index in [1.165, 1.54) is 24.5 Å². The molecule has 0 fully saturated rings. The van der Waals surface area contributed by atoms with Crippen molar-refractivity contribution in [3.63, 3.8) is 0 Å². The predicted octanol–water partition coefficient (Wildman–Crippen LogP) is 4.02. The number of pyridine rings is 3. The number of hydrogen-bond donors (Lipinski definition) is 3. The average Bonchev–Trinajstić information content (AvgIpc) is 3.56. The van der Waals surface area contributed by atoms with Gasteiger partial charge in [-0.25, -0.2) is 31.9 Å². The molecular weight excluding hydrogens is 552 g/mol. The van der Waals surface area contributed by atoms with E-state index in [1.807, 2.05) is 19.0 Å². The van der Waals surface area contributed by atoms with Gasteiger partial charge < -0.3 is 9.88 Å². The van der Waals surface area contributed by atoms with Gasteiger partial charge in [0.15, 0.2) is 17.3 Å². The lowest BCUT2D eigenvalue weighted by Crippen LogP contribution is -2.21. The molecular formula is C27H23F2N9O2S. The molecule has 0 spiro atoms. The number of halogens is 2. The number of sulfonamides is 1. The molecule has 6 aromatic rings. The van der Waals surface area contributed by atoms with Crippen molar-refractivity contribution in [2.75, 3.05) is 25.3 Å². The van der Waals surface area contributed by atoms with Crippen molar-refractivity contribution in [1.82, 2.24) is 39.8 Å². The first kappa shape index (κ1) is 26.4. The Morgan fingerprint density at radius 1 is 1.00 bits per heavy atom. The number of imidazole rings is 1. The molecule has 3 N–H and O–H groups in total. The van der Waals surface area contributed by atoms with Gasteiger partial charge in [0, 0.05) is 44.2 Å². The van der Waals surface area contributed by atoms with Crippen molar-refractivity contribution in [1.29, 1.82) is 0 Å². The molecule has 5 aromatic heterocycles. The number of hydrogen-bond acceptors (Lipinski definition) is 8. The Kier molecular flexibility index (Phi) is 6.43. The van der Waals surface area contributed by atoms with E-state index in [9.17, 15) is 12.8 Å². The van der Waals surface area contributed by atoms with Gasteiger partial charge in [0.1, 0.15) is 22.7 Å². The highest BCUT2D eigenvalue weighted by Gasteiger charge is 2.22. The first-order chi connectivity index (χ1) is 19.6. The summed E-state index contributed by atoms with van der Waals surface area (Å²) < 4.78 is 55.9. The molecule has 0 aliphatic heterocycles. The van der Waals surface area contributed by atoms with Gasteiger partial charge in [-0.1, -0.05) is 0 Å². The Labute approximate surface area is 232 Å². The van der Waals surface area contributed by atoms with Crippen molar-refractivity contribution in [2.24, 2.45) is 0 Å². The van der Waals surface area contributed by atoms with E-state index in [0.29, 0.717) is 38.9 Å². The van der Waals surface area contributed by atoms with Crippen LogP contribution in [0.15, 0.2) is 55.1 Å². The van der Waals surface area contributed by atoms with Crippen LogP contribution in [-0.2, 0) is 16.6 Å². The molecule has 11 nitrogen and oxygen atoms in total. The van der Waals surface area contributed by atoms with Crippen LogP contribution < -0.4 is 9.62 Å². The summed E-state index contributed by atoms with van der Waals surface area (Å²) in [5.74, 6) is -0.884. The minimum atomic E-state index is -3.47. The molecule has 1 aromatic carbocycles. The Hall–Kier alpha value is -4.82. The maximum Gasteiger partial charge on any atom is 0.209 e. The number of benzene rings is 1. The third-order valence-corrected chi connectivity index (χ3v) is 7.14. The number of fused-ring (bicyclic) bond motifs is 2. The zero-order chi connectivity index (χ0) is 28.9. The van der Waals surface area contributed by atoms with E-state index in [2.05, 4.69) is 39.8 Å². The molecule has 0 aliphatic carbocycles.